The highest BCUT2D eigenvalue weighted by molar-refractivity contribution is 5.65. The normalized spacial score (nSPS) is 11.9. The van der Waals surface area contributed by atoms with E-state index < -0.39 is 0 Å². The summed E-state index contributed by atoms with van der Waals surface area (Å²) in [4.78, 5) is 3.22. The summed E-state index contributed by atoms with van der Waals surface area (Å²) in [7, 11) is 0. The molecule has 1 heterocycles. The third-order valence-electron chi connectivity index (χ3n) is 1.83. The Kier molecular flexibility index (Phi) is 2.92. The molecule has 0 radical (unpaired) electrons. The number of hydrogen-bond donors (Lipinski definition) is 1. The lowest BCUT2D eigenvalue weighted by Crippen LogP contribution is -1.76. The van der Waals surface area contributed by atoms with Crippen molar-refractivity contribution in [2.45, 2.75) is 20.8 Å². The van der Waals surface area contributed by atoms with Gasteiger partial charge in [-0.15, -0.1) is 0 Å². The molecular formula is C11H15N. The maximum atomic E-state index is 3.22. The summed E-state index contributed by atoms with van der Waals surface area (Å²) in [6.45, 7) is 6.17. The Balaban J connectivity index is 3.12. The largest absolute Gasteiger partial charge is 0.361 e. The van der Waals surface area contributed by atoms with E-state index in [9.17, 15) is 0 Å². The highest BCUT2D eigenvalue weighted by Crippen LogP contribution is 2.16. The lowest BCUT2D eigenvalue weighted by Gasteiger charge is -1.92. The van der Waals surface area contributed by atoms with Gasteiger partial charge < -0.3 is 4.98 Å². The molecule has 0 aromatic carbocycles. The fourth-order valence-corrected chi connectivity index (χ4v) is 1.25. The summed E-state index contributed by atoms with van der Waals surface area (Å²) < 4.78 is 0. The first-order valence-electron chi connectivity index (χ1n) is 4.23. The highest BCUT2D eigenvalue weighted by Gasteiger charge is 2.00. The number of aryl methyl sites for hydroxylation is 1. The first-order valence-corrected chi connectivity index (χ1v) is 4.23. The summed E-state index contributed by atoms with van der Waals surface area (Å²) in [5, 5.41) is 0. The van der Waals surface area contributed by atoms with Gasteiger partial charge in [0.15, 0.2) is 0 Å². The van der Waals surface area contributed by atoms with Crippen LogP contribution >= 0.6 is 0 Å². The Morgan fingerprint density at radius 2 is 1.83 bits per heavy atom. The third kappa shape index (κ3) is 1.67. The molecule has 12 heavy (non-hydrogen) atoms. The van der Waals surface area contributed by atoms with Crippen LogP contribution < -0.4 is 0 Å². The van der Waals surface area contributed by atoms with Crippen molar-refractivity contribution in [2.24, 2.45) is 0 Å². The first kappa shape index (κ1) is 8.85. The highest BCUT2D eigenvalue weighted by atomic mass is 14.7. The summed E-state index contributed by atoms with van der Waals surface area (Å²) >= 11 is 0. The van der Waals surface area contributed by atoms with E-state index in [0.717, 1.165) is 0 Å². The van der Waals surface area contributed by atoms with Gasteiger partial charge in [0, 0.05) is 17.5 Å². The van der Waals surface area contributed by atoms with Gasteiger partial charge in [0.25, 0.3) is 0 Å². The maximum Gasteiger partial charge on any atom is 0.0453 e. The summed E-state index contributed by atoms with van der Waals surface area (Å²) in [5.41, 5.74) is 3.77. The molecule has 0 unspecified atom stereocenters. The van der Waals surface area contributed by atoms with Crippen LogP contribution in [-0.4, -0.2) is 4.98 Å². The number of H-pyrrole nitrogens is 1. The minimum atomic E-state index is 1.19. The molecule has 0 aliphatic rings. The molecule has 0 saturated heterocycles. The summed E-state index contributed by atoms with van der Waals surface area (Å²) in [6, 6.07) is 0. The van der Waals surface area contributed by atoms with Crippen molar-refractivity contribution in [3.8, 4) is 0 Å². The second kappa shape index (κ2) is 3.96. The molecule has 1 aromatic rings. The molecule has 1 rings (SSSR count). The van der Waals surface area contributed by atoms with Gasteiger partial charge in [0.05, 0.1) is 0 Å². The Morgan fingerprint density at radius 1 is 1.17 bits per heavy atom. The Morgan fingerprint density at radius 3 is 2.42 bits per heavy atom. The standard InChI is InChI=1S/C11H15N/c1-4-6-10-9(3)8-12-11(10)7-5-2/h4-8,12H,1-3H3/b6-4-,7-5-. The van der Waals surface area contributed by atoms with E-state index in [0.29, 0.717) is 0 Å². The van der Waals surface area contributed by atoms with E-state index in [2.05, 4.69) is 30.1 Å². The van der Waals surface area contributed by atoms with Crippen LogP contribution in [0.3, 0.4) is 0 Å². The molecule has 0 aliphatic heterocycles. The van der Waals surface area contributed by atoms with Crippen molar-refractivity contribution < 1.29 is 0 Å². The average Bonchev–Trinajstić information content (AvgIpc) is 2.37. The lowest BCUT2D eigenvalue weighted by molar-refractivity contribution is 1.36. The Bertz CT molecular complexity index is 303. The lowest BCUT2D eigenvalue weighted by atomic mass is 10.1. The van der Waals surface area contributed by atoms with Crippen LogP contribution in [0.2, 0.25) is 0 Å². The molecule has 1 nitrogen and oxygen atoms in total. The van der Waals surface area contributed by atoms with Crippen molar-refractivity contribution in [1.82, 2.24) is 4.98 Å². The quantitative estimate of drug-likeness (QED) is 0.684. The van der Waals surface area contributed by atoms with Gasteiger partial charge in [0.2, 0.25) is 0 Å². The molecule has 0 bridgehead atoms. The zero-order valence-corrected chi connectivity index (χ0v) is 7.89. The number of nitrogens with one attached hydrogen (secondary N) is 1. The molecule has 0 fully saturated rings. The van der Waals surface area contributed by atoms with Crippen molar-refractivity contribution in [1.29, 1.82) is 0 Å². The zero-order chi connectivity index (χ0) is 8.97. The minimum absolute atomic E-state index is 1.19. The molecule has 1 N–H and O–H groups in total. The Labute approximate surface area is 73.8 Å². The molecule has 1 aromatic heterocycles. The van der Waals surface area contributed by atoms with Crippen LogP contribution in [0.5, 0.6) is 0 Å². The van der Waals surface area contributed by atoms with Crippen LogP contribution in [-0.2, 0) is 0 Å². The van der Waals surface area contributed by atoms with E-state index >= 15 is 0 Å². The van der Waals surface area contributed by atoms with Crippen molar-refractivity contribution in [3.05, 3.63) is 35.2 Å². The molecule has 64 valence electrons. The molecule has 0 amide bonds. The molecule has 0 spiro atoms. The summed E-state index contributed by atoms with van der Waals surface area (Å²) in [5.74, 6) is 0. The molecule has 0 saturated carbocycles. The third-order valence-corrected chi connectivity index (χ3v) is 1.83. The van der Waals surface area contributed by atoms with Gasteiger partial charge in [-0.2, -0.15) is 0 Å². The van der Waals surface area contributed by atoms with Crippen LogP contribution in [0.15, 0.2) is 18.3 Å². The number of allylic oxidation sites excluding steroid dienone is 2. The second-order valence-electron chi connectivity index (χ2n) is 2.80. The SMILES string of the molecule is C/C=C\c1[nH]cc(C)c1/C=C\C. The van der Waals surface area contributed by atoms with Gasteiger partial charge in [0.1, 0.15) is 0 Å². The number of hydrogen-bond acceptors (Lipinski definition) is 0. The van der Waals surface area contributed by atoms with Crippen molar-refractivity contribution >= 4 is 12.2 Å². The smallest absolute Gasteiger partial charge is 0.0453 e. The van der Waals surface area contributed by atoms with Gasteiger partial charge in [-0.25, -0.2) is 0 Å². The average molecular weight is 161 g/mol. The van der Waals surface area contributed by atoms with Crippen LogP contribution in [0.1, 0.15) is 30.7 Å². The van der Waals surface area contributed by atoms with E-state index in [4.69, 9.17) is 0 Å². The minimum Gasteiger partial charge on any atom is -0.361 e. The molecule has 0 atom stereocenters. The topological polar surface area (TPSA) is 15.8 Å². The van der Waals surface area contributed by atoms with Gasteiger partial charge in [-0.05, 0) is 32.4 Å². The van der Waals surface area contributed by atoms with Crippen molar-refractivity contribution in [3.63, 3.8) is 0 Å². The van der Waals surface area contributed by atoms with E-state index in [-0.39, 0.29) is 0 Å². The van der Waals surface area contributed by atoms with Gasteiger partial charge in [-0.3, -0.25) is 0 Å². The van der Waals surface area contributed by atoms with Crippen molar-refractivity contribution in [2.75, 3.05) is 0 Å². The Hall–Kier alpha value is -1.24. The summed E-state index contributed by atoms with van der Waals surface area (Å²) in [6.07, 6.45) is 10.3. The number of rotatable bonds is 2. The number of aromatic amines is 1. The predicted octanol–water partition coefficient (Wildman–Crippen LogP) is 3.39. The molecule has 1 heteroatoms. The van der Waals surface area contributed by atoms with Gasteiger partial charge in [-0.1, -0.05) is 18.2 Å². The predicted molar refractivity (Wildman–Crippen MR) is 54.9 cm³/mol. The van der Waals surface area contributed by atoms with E-state index in [1.165, 1.54) is 16.8 Å². The fraction of sp³-hybridized carbons (Fsp3) is 0.273. The van der Waals surface area contributed by atoms with E-state index in [1.807, 2.05) is 26.1 Å². The fourth-order valence-electron chi connectivity index (χ4n) is 1.25. The second-order valence-corrected chi connectivity index (χ2v) is 2.80. The zero-order valence-electron chi connectivity index (χ0n) is 7.89. The molecule has 0 aliphatic carbocycles. The monoisotopic (exact) mass is 161 g/mol. The molecular weight excluding hydrogens is 146 g/mol. The van der Waals surface area contributed by atoms with Gasteiger partial charge >= 0.3 is 0 Å². The van der Waals surface area contributed by atoms with Crippen LogP contribution in [0.25, 0.3) is 12.2 Å². The van der Waals surface area contributed by atoms with Crippen LogP contribution in [0, 0.1) is 6.92 Å². The van der Waals surface area contributed by atoms with E-state index in [1.54, 1.807) is 0 Å². The maximum absolute atomic E-state index is 3.22. The number of aromatic nitrogens is 1. The first-order chi connectivity index (χ1) is 5.79. The van der Waals surface area contributed by atoms with Crippen LogP contribution in [0.4, 0.5) is 0 Å².